The number of rotatable bonds is 8. The lowest BCUT2D eigenvalue weighted by molar-refractivity contribution is 0.0428. The summed E-state index contributed by atoms with van der Waals surface area (Å²) >= 11 is 0. The molecule has 0 aliphatic heterocycles. The van der Waals surface area contributed by atoms with E-state index in [0.717, 1.165) is 18.4 Å². The normalized spacial score (nSPS) is 12.2. The van der Waals surface area contributed by atoms with Crippen molar-refractivity contribution in [3.8, 4) is 0 Å². The molecule has 1 aromatic carbocycles. The molecule has 0 heterocycles. The first-order valence-electron chi connectivity index (χ1n) is 7.17. The van der Waals surface area contributed by atoms with Crippen LogP contribution in [0.25, 0.3) is 0 Å². The molecule has 0 aliphatic rings. The van der Waals surface area contributed by atoms with Gasteiger partial charge in [-0.25, -0.2) is 4.79 Å². The Kier molecular flexibility index (Phi) is 7.19. The molecule has 2 N–H and O–H groups in total. The number of carbonyl (C=O) groups is 1. The van der Waals surface area contributed by atoms with Crippen molar-refractivity contribution in [1.82, 2.24) is 0 Å². The van der Waals surface area contributed by atoms with Gasteiger partial charge in [-0.15, -0.1) is 0 Å². The molecule has 19 heavy (non-hydrogen) atoms. The molecule has 0 bridgehead atoms. The molecule has 1 aromatic rings. The minimum absolute atomic E-state index is 0.237. The van der Waals surface area contributed by atoms with E-state index in [0.29, 0.717) is 24.6 Å². The van der Waals surface area contributed by atoms with Crippen LogP contribution < -0.4 is 5.73 Å². The van der Waals surface area contributed by atoms with E-state index in [-0.39, 0.29) is 5.97 Å². The standard InChI is InChI=1S/C16H25NO2/c1-3-5-6-13(4-2)12-19-16(18)15-9-7-14(11-17)8-10-15/h7-10,13H,3-6,11-12,17H2,1-2H3. The number of ether oxygens (including phenoxy) is 1. The van der Waals surface area contributed by atoms with Crippen LogP contribution in [0, 0.1) is 5.92 Å². The molecule has 0 spiro atoms. The van der Waals surface area contributed by atoms with Crippen LogP contribution in [0.4, 0.5) is 0 Å². The Morgan fingerprint density at radius 1 is 1.26 bits per heavy atom. The molecule has 0 saturated heterocycles. The average Bonchev–Trinajstić information content (AvgIpc) is 2.47. The molecule has 1 rings (SSSR count). The van der Waals surface area contributed by atoms with Crippen LogP contribution in [-0.2, 0) is 11.3 Å². The smallest absolute Gasteiger partial charge is 0.338 e. The van der Waals surface area contributed by atoms with Crippen LogP contribution in [0.5, 0.6) is 0 Å². The first-order chi connectivity index (χ1) is 9.21. The van der Waals surface area contributed by atoms with Gasteiger partial charge in [0.15, 0.2) is 0 Å². The van der Waals surface area contributed by atoms with Crippen LogP contribution in [0.15, 0.2) is 24.3 Å². The summed E-state index contributed by atoms with van der Waals surface area (Å²) in [5.74, 6) is 0.241. The van der Waals surface area contributed by atoms with Crippen LogP contribution in [0.1, 0.15) is 55.5 Å². The minimum Gasteiger partial charge on any atom is -0.462 e. The van der Waals surface area contributed by atoms with Gasteiger partial charge in [-0.2, -0.15) is 0 Å². The molecule has 1 atom stereocenters. The molecule has 0 aliphatic carbocycles. The highest BCUT2D eigenvalue weighted by molar-refractivity contribution is 5.89. The van der Waals surface area contributed by atoms with Gasteiger partial charge in [-0.05, 0) is 30.0 Å². The highest BCUT2D eigenvalue weighted by atomic mass is 16.5. The molecule has 106 valence electrons. The molecule has 0 radical (unpaired) electrons. The second kappa shape index (κ2) is 8.70. The molecule has 0 fully saturated rings. The quantitative estimate of drug-likeness (QED) is 0.730. The lowest BCUT2D eigenvalue weighted by Gasteiger charge is -2.14. The SMILES string of the molecule is CCCCC(CC)COC(=O)c1ccc(CN)cc1. The first-order valence-corrected chi connectivity index (χ1v) is 7.17. The van der Waals surface area contributed by atoms with Crippen molar-refractivity contribution < 1.29 is 9.53 Å². The Morgan fingerprint density at radius 3 is 2.47 bits per heavy atom. The second-order valence-corrected chi connectivity index (χ2v) is 4.92. The van der Waals surface area contributed by atoms with Gasteiger partial charge in [0.2, 0.25) is 0 Å². The van der Waals surface area contributed by atoms with E-state index in [1.165, 1.54) is 12.8 Å². The number of hydrogen-bond acceptors (Lipinski definition) is 3. The molecular weight excluding hydrogens is 238 g/mol. The van der Waals surface area contributed by atoms with Crippen molar-refractivity contribution >= 4 is 5.97 Å². The van der Waals surface area contributed by atoms with E-state index in [1.807, 2.05) is 12.1 Å². The maximum atomic E-state index is 11.9. The summed E-state index contributed by atoms with van der Waals surface area (Å²) in [7, 11) is 0. The number of carbonyl (C=O) groups excluding carboxylic acids is 1. The van der Waals surface area contributed by atoms with Crippen molar-refractivity contribution in [2.75, 3.05) is 6.61 Å². The third-order valence-electron chi connectivity index (χ3n) is 3.42. The fourth-order valence-electron chi connectivity index (χ4n) is 1.95. The maximum absolute atomic E-state index is 11.9. The van der Waals surface area contributed by atoms with E-state index in [1.54, 1.807) is 12.1 Å². The van der Waals surface area contributed by atoms with Gasteiger partial charge in [0.1, 0.15) is 0 Å². The predicted molar refractivity (Wildman–Crippen MR) is 77.9 cm³/mol. The summed E-state index contributed by atoms with van der Waals surface area (Å²) in [5, 5.41) is 0. The molecule has 0 amide bonds. The van der Waals surface area contributed by atoms with E-state index in [4.69, 9.17) is 10.5 Å². The number of nitrogens with two attached hydrogens (primary N) is 1. The molecule has 0 aromatic heterocycles. The minimum atomic E-state index is -0.237. The second-order valence-electron chi connectivity index (χ2n) is 4.92. The van der Waals surface area contributed by atoms with Crippen molar-refractivity contribution in [2.45, 2.75) is 46.1 Å². The monoisotopic (exact) mass is 263 g/mol. The molecule has 3 heteroatoms. The zero-order valence-corrected chi connectivity index (χ0v) is 12.0. The van der Waals surface area contributed by atoms with E-state index in [2.05, 4.69) is 13.8 Å². The van der Waals surface area contributed by atoms with Crippen LogP contribution >= 0.6 is 0 Å². The Bertz CT molecular complexity index is 373. The summed E-state index contributed by atoms with van der Waals surface area (Å²) < 4.78 is 5.38. The van der Waals surface area contributed by atoms with Gasteiger partial charge < -0.3 is 10.5 Å². The van der Waals surface area contributed by atoms with Crippen molar-refractivity contribution in [2.24, 2.45) is 11.7 Å². The summed E-state index contributed by atoms with van der Waals surface area (Å²) in [6, 6.07) is 7.28. The third-order valence-corrected chi connectivity index (χ3v) is 3.42. The van der Waals surface area contributed by atoms with Crippen LogP contribution in [0.2, 0.25) is 0 Å². The van der Waals surface area contributed by atoms with Crippen LogP contribution in [-0.4, -0.2) is 12.6 Å². The van der Waals surface area contributed by atoms with E-state index >= 15 is 0 Å². The Labute approximate surface area is 116 Å². The highest BCUT2D eigenvalue weighted by Gasteiger charge is 2.11. The zero-order chi connectivity index (χ0) is 14.1. The fraction of sp³-hybridized carbons (Fsp3) is 0.562. The topological polar surface area (TPSA) is 52.3 Å². The Morgan fingerprint density at radius 2 is 1.95 bits per heavy atom. The van der Waals surface area contributed by atoms with Gasteiger partial charge in [0.25, 0.3) is 0 Å². The average molecular weight is 263 g/mol. The maximum Gasteiger partial charge on any atom is 0.338 e. The summed E-state index contributed by atoms with van der Waals surface area (Å²) in [6.45, 7) is 5.33. The summed E-state index contributed by atoms with van der Waals surface area (Å²) in [5.41, 5.74) is 7.14. The van der Waals surface area contributed by atoms with Gasteiger partial charge in [-0.1, -0.05) is 45.2 Å². The van der Waals surface area contributed by atoms with Crippen molar-refractivity contribution in [1.29, 1.82) is 0 Å². The fourth-order valence-corrected chi connectivity index (χ4v) is 1.95. The molecule has 1 unspecified atom stereocenters. The number of hydrogen-bond donors (Lipinski definition) is 1. The van der Waals surface area contributed by atoms with Crippen LogP contribution in [0.3, 0.4) is 0 Å². The highest BCUT2D eigenvalue weighted by Crippen LogP contribution is 2.14. The van der Waals surface area contributed by atoms with Gasteiger partial charge in [0.05, 0.1) is 12.2 Å². The van der Waals surface area contributed by atoms with Gasteiger partial charge >= 0.3 is 5.97 Å². The molecule has 3 nitrogen and oxygen atoms in total. The van der Waals surface area contributed by atoms with Crippen molar-refractivity contribution in [3.63, 3.8) is 0 Å². The summed E-state index contributed by atoms with van der Waals surface area (Å²) in [4.78, 5) is 11.9. The Hall–Kier alpha value is -1.35. The zero-order valence-electron chi connectivity index (χ0n) is 12.0. The number of unbranched alkanes of at least 4 members (excludes halogenated alkanes) is 1. The van der Waals surface area contributed by atoms with Crippen molar-refractivity contribution in [3.05, 3.63) is 35.4 Å². The first kappa shape index (κ1) is 15.7. The largest absolute Gasteiger partial charge is 0.462 e. The number of benzene rings is 1. The lowest BCUT2D eigenvalue weighted by atomic mass is 10.0. The van der Waals surface area contributed by atoms with Gasteiger partial charge in [0, 0.05) is 6.54 Å². The third kappa shape index (κ3) is 5.43. The molecule has 0 saturated carbocycles. The molecular formula is C16H25NO2. The van der Waals surface area contributed by atoms with E-state index in [9.17, 15) is 4.79 Å². The Balaban J connectivity index is 2.44. The lowest BCUT2D eigenvalue weighted by Crippen LogP contribution is -2.14. The summed E-state index contributed by atoms with van der Waals surface area (Å²) in [6.07, 6.45) is 4.57. The number of esters is 1. The predicted octanol–water partition coefficient (Wildman–Crippen LogP) is 3.52. The van der Waals surface area contributed by atoms with Gasteiger partial charge in [-0.3, -0.25) is 0 Å². The van der Waals surface area contributed by atoms with E-state index < -0.39 is 0 Å².